The van der Waals surface area contributed by atoms with Crippen molar-refractivity contribution >= 4 is 23.2 Å². The molecule has 2 rings (SSSR count). The molecule has 0 aromatic heterocycles. The zero-order valence-corrected chi connectivity index (χ0v) is 12.9. The number of piperidine rings is 1. The summed E-state index contributed by atoms with van der Waals surface area (Å²) in [5.74, 6) is -0.0754. The third-order valence-corrected chi connectivity index (χ3v) is 4.06. The van der Waals surface area contributed by atoms with Crippen LogP contribution in [-0.2, 0) is 9.59 Å². The first-order valence-corrected chi connectivity index (χ1v) is 7.31. The largest absolute Gasteiger partial charge is 0.326 e. The Morgan fingerprint density at radius 1 is 1.19 bits per heavy atom. The van der Waals surface area contributed by atoms with E-state index in [0.717, 1.165) is 37.2 Å². The summed E-state index contributed by atoms with van der Waals surface area (Å²) in [5.41, 5.74) is 2.09. The number of carbonyl (C=O) groups excluding carboxylic acids is 2. The second kappa shape index (κ2) is 6.26. The van der Waals surface area contributed by atoms with Crippen LogP contribution in [0.15, 0.2) is 18.2 Å². The number of hydrogen-bond donors (Lipinski definition) is 3. The third-order valence-electron chi connectivity index (χ3n) is 4.06. The number of amides is 2. The van der Waals surface area contributed by atoms with Crippen molar-refractivity contribution in [1.29, 1.82) is 0 Å². The van der Waals surface area contributed by atoms with Gasteiger partial charge in [-0.2, -0.15) is 0 Å². The van der Waals surface area contributed by atoms with Gasteiger partial charge < -0.3 is 16.0 Å². The quantitative estimate of drug-likeness (QED) is 0.799. The minimum atomic E-state index is -0.329. The van der Waals surface area contributed by atoms with E-state index in [4.69, 9.17) is 0 Å². The zero-order valence-electron chi connectivity index (χ0n) is 12.9. The van der Waals surface area contributed by atoms with Crippen LogP contribution < -0.4 is 16.0 Å². The van der Waals surface area contributed by atoms with Crippen molar-refractivity contribution in [2.24, 2.45) is 5.41 Å². The molecule has 1 heterocycles. The number of benzene rings is 1. The van der Waals surface area contributed by atoms with E-state index in [1.807, 2.05) is 26.0 Å². The fraction of sp³-hybridized carbons (Fsp3) is 0.500. The van der Waals surface area contributed by atoms with Crippen molar-refractivity contribution < 1.29 is 9.59 Å². The van der Waals surface area contributed by atoms with Gasteiger partial charge in [0.15, 0.2) is 0 Å². The summed E-state index contributed by atoms with van der Waals surface area (Å²) < 4.78 is 0. The van der Waals surface area contributed by atoms with Gasteiger partial charge in [0.1, 0.15) is 0 Å². The Morgan fingerprint density at radius 3 is 2.48 bits per heavy atom. The van der Waals surface area contributed by atoms with E-state index in [9.17, 15) is 9.59 Å². The zero-order chi connectivity index (χ0) is 15.5. The first-order valence-electron chi connectivity index (χ1n) is 7.31. The van der Waals surface area contributed by atoms with E-state index in [0.29, 0.717) is 5.69 Å². The summed E-state index contributed by atoms with van der Waals surface area (Å²) in [4.78, 5) is 23.7. The number of anilines is 2. The SMILES string of the molecule is CC(=O)Nc1cc(NC(=O)C2(C)CCNCC2)ccc1C. The molecule has 0 radical (unpaired) electrons. The molecule has 2 amide bonds. The topological polar surface area (TPSA) is 70.2 Å². The van der Waals surface area contributed by atoms with Crippen molar-refractivity contribution in [1.82, 2.24) is 5.32 Å². The highest BCUT2D eigenvalue weighted by molar-refractivity contribution is 5.96. The Bertz CT molecular complexity index is 548. The smallest absolute Gasteiger partial charge is 0.230 e. The molecule has 1 aromatic rings. The maximum atomic E-state index is 12.5. The van der Waals surface area contributed by atoms with Gasteiger partial charge in [-0.15, -0.1) is 0 Å². The minimum Gasteiger partial charge on any atom is -0.326 e. The summed E-state index contributed by atoms with van der Waals surface area (Å²) in [6.07, 6.45) is 1.67. The highest BCUT2D eigenvalue weighted by Crippen LogP contribution is 2.30. The average Bonchev–Trinajstić information content (AvgIpc) is 2.43. The van der Waals surface area contributed by atoms with Gasteiger partial charge in [-0.05, 0) is 50.6 Å². The van der Waals surface area contributed by atoms with Crippen molar-refractivity contribution in [3.8, 4) is 0 Å². The lowest BCUT2D eigenvalue weighted by Crippen LogP contribution is -2.42. The van der Waals surface area contributed by atoms with Gasteiger partial charge >= 0.3 is 0 Å². The van der Waals surface area contributed by atoms with Gasteiger partial charge in [-0.1, -0.05) is 13.0 Å². The Balaban J connectivity index is 2.12. The van der Waals surface area contributed by atoms with Crippen molar-refractivity contribution in [2.75, 3.05) is 23.7 Å². The molecule has 0 saturated carbocycles. The maximum Gasteiger partial charge on any atom is 0.230 e. The number of aryl methyl sites for hydroxylation is 1. The second-order valence-corrected chi connectivity index (χ2v) is 5.98. The molecule has 3 N–H and O–H groups in total. The monoisotopic (exact) mass is 289 g/mol. The molecule has 1 aliphatic heterocycles. The molecule has 0 unspecified atom stereocenters. The van der Waals surface area contributed by atoms with Crippen LogP contribution in [0, 0.1) is 12.3 Å². The molecule has 1 saturated heterocycles. The van der Waals surface area contributed by atoms with Crippen LogP contribution >= 0.6 is 0 Å². The summed E-state index contributed by atoms with van der Waals surface area (Å²) in [6, 6.07) is 5.56. The van der Waals surface area contributed by atoms with Gasteiger partial charge in [-0.25, -0.2) is 0 Å². The van der Waals surface area contributed by atoms with Crippen LogP contribution in [0.4, 0.5) is 11.4 Å². The minimum absolute atomic E-state index is 0.0432. The lowest BCUT2D eigenvalue weighted by Gasteiger charge is -2.32. The Morgan fingerprint density at radius 2 is 1.86 bits per heavy atom. The first kappa shape index (κ1) is 15.5. The Hall–Kier alpha value is -1.88. The number of carbonyl (C=O) groups is 2. The van der Waals surface area contributed by atoms with Crippen LogP contribution in [0.2, 0.25) is 0 Å². The van der Waals surface area contributed by atoms with Crippen LogP contribution in [0.1, 0.15) is 32.3 Å². The highest BCUT2D eigenvalue weighted by Gasteiger charge is 2.34. The lowest BCUT2D eigenvalue weighted by molar-refractivity contribution is -0.126. The fourth-order valence-electron chi connectivity index (χ4n) is 2.51. The van der Waals surface area contributed by atoms with Crippen LogP contribution in [0.25, 0.3) is 0 Å². The Labute approximate surface area is 125 Å². The number of nitrogens with one attached hydrogen (secondary N) is 3. The van der Waals surface area contributed by atoms with E-state index >= 15 is 0 Å². The normalized spacial score (nSPS) is 17.1. The molecule has 5 nitrogen and oxygen atoms in total. The summed E-state index contributed by atoms with van der Waals surface area (Å²) >= 11 is 0. The van der Waals surface area contributed by atoms with Crippen LogP contribution in [0.5, 0.6) is 0 Å². The van der Waals surface area contributed by atoms with Gasteiger partial charge in [0, 0.05) is 23.7 Å². The predicted molar refractivity (Wildman–Crippen MR) is 84.3 cm³/mol. The Kier molecular flexibility index (Phi) is 4.63. The van der Waals surface area contributed by atoms with E-state index in [1.54, 1.807) is 6.07 Å². The molecule has 21 heavy (non-hydrogen) atoms. The maximum absolute atomic E-state index is 12.5. The van der Waals surface area contributed by atoms with E-state index in [-0.39, 0.29) is 17.2 Å². The molecule has 1 fully saturated rings. The third kappa shape index (κ3) is 3.82. The van der Waals surface area contributed by atoms with Gasteiger partial charge in [-0.3, -0.25) is 9.59 Å². The van der Waals surface area contributed by atoms with Gasteiger partial charge in [0.05, 0.1) is 0 Å². The predicted octanol–water partition coefficient (Wildman–Crippen LogP) is 2.28. The highest BCUT2D eigenvalue weighted by atomic mass is 16.2. The standard InChI is InChI=1S/C16H23N3O2/c1-11-4-5-13(10-14(11)18-12(2)20)19-15(21)16(3)6-8-17-9-7-16/h4-5,10,17H,6-9H2,1-3H3,(H,18,20)(H,19,21). The fourth-order valence-corrected chi connectivity index (χ4v) is 2.51. The molecule has 0 spiro atoms. The van der Waals surface area contributed by atoms with Crippen LogP contribution in [0.3, 0.4) is 0 Å². The van der Waals surface area contributed by atoms with E-state index in [1.165, 1.54) is 6.92 Å². The molecule has 114 valence electrons. The van der Waals surface area contributed by atoms with Gasteiger partial charge in [0.25, 0.3) is 0 Å². The molecular weight excluding hydrogens is 266 g/mol. The van der Waals surface area contributed by atoms with E-state index < -0.39 is 0 Å². The van der Waals surface area contributed by atoms with Crippen LogP contribution in [-0.4, -0.2) is 24.9 Å². The lowest BCUT2D eigenvalue weighted by atomic mass is 9.80. The van der Waals surface area contributed by atoms with E-state index in [2.05, 4.69) is 16.0 Å². The average molecular weight is 289 g/mol. The summed E-state index contributed by atoms with van der Waals surface area (Å²) in [5, 5.41) is 9.02. The molecule has 1 aromatic carbocycles. The molecule has 0 atom stereocenters. The van der Waals surface area contributed by atoms with Crippen molar-refractivity contribution in [3.05, 3.63) is 23.8 Å². The summed E-state index contributed by atoms with van der Waals surface area (Å²) in [7, 11) is 0. The first-order chi connectivity index (χ1) is 9.90. The molecule has 5 heteroatoms. The number of rotatable bonds is 3. The number of hydrogen-bond acceptors (Lipinski definition) is 3. The van der Waals surface area contributed by atoms with Crippen molar-refractivity contribution in [2.45, 2.75) is 33.6 Å². The molecular formula is C16H23N3O2. The summed E-state index contributed by atoms with van der Waals surface area (Å²) in [6.45, 7) is 7.14. The molecule has 0 aliphatic carbocycles. The molecule has 1 aliphatic rings. The molecule has 0 bridgehead atoms. The van der Waals surface area contributed by atoms with Gasteiger partial charge in [0.2, 0.25) is 11.8 Å². The van der Waals surface area contributed by atoms with Crippen molar-refractivity contribution in [3.63, 3.8) is 0 Å². The second-order valence-electron chi connectivity index (χ2n) is 5.98.